The molecule has 1 aromatic heterocycles. The van der Waals surface area contributed by atoms with E-state index < -0.39 is 18.2 Å². The Morgan fingerprint density at radius 2 is 1.66 bits per heavy atom. The molecule has 1 fully saturated rings. The van der Waals surface area contributed by atoms with Crippen molar-refractivity contribution in [3.8, 4) is 11.3 Å². The molecule has 5 rings (SSSR count). The van der Waals surface area contributed by atoms with Crippen LogP contribution in [-0.2, 0) is 4.79 Å². The third kappa shape index (κ3) is 8.16. The van der Waals surface area contributed by atoms with Gasteiger partial charge in [-0.1, -0.05) is 66.2 Å². The van der Waals surface area contributed by atoms with Crippen LogP contribution in [0.3, 0.4) is 0 Å². The summed E-state index contributed by atoms with van der Waals surface area (Å²) < 4.78 is 45.4. The van der Waals surface area contributed by atoms with Gasteiger partial charge in [-0.2, -0.15) is 18.3 Å². The summed E-state index contributed by atoms with van der Waals surface area (Å²) >= 11 is 6.04. The first-order valence-corrected chi connectivity index (χ1v) is 13.2. The lowest BCUT2D eigenvalue weighted by Gasteiger charge is -2.39. The van der Waals surface area contributed by atoms with Crippen LogP contribution in [0.4, 0.5) is 17.6 Å². The molecular weight excluding hydrogens is 562 g/mol. The van der Waals surface area contributed by atoms with Crippen molar-refractivity contribution in [2.24, 2.45) is 0 Å². The van der Waals surface area contributed by atoms with E-state index in [0.717, 1.165) is 47.6 Å². The number of aromatic nitrogens is 2. The molecule has 0 aliphatic carbocycles. The van der Waals surface area contributed by atoms with Crippen molar-refractivity contribution >= 4 is 17.6 Å². The molecule has 2 heterocycles. The van der Waals surface area contributed by atoms with Crippen LogP contribution in [0.15, 0.2) is 84.9 Å². The van der Waals surface area contributed by atoms with E-state index in [1.807, 2.05) is 66.7 Å². The van der Waals surface area contributed by atoms with Crippen molar-refractivity contribution in [3.05, 3.63) is 113 Å². The largest absolute Gasteiger partial charge is 0.490 e. The van der Waals surface area contributed by atoms with E-state index in [0.29, 0.717) is 11.6 Å². The van der Waals surface area contributed by atoms with Gasteiger partial charge in [0, 0.05) is 41.2 Å². The number of likely N-dealkylation sites (tertiary alicyclic amines) is 1. The van der Waals surface area contributed by atoms with Crippen molar-refractivity contribution in [2.75, 3.05) is 19.6 Å². The number of H-pyrrole nitrogens is 1. The number of aliphatic hydroxyl groups excluding tert-OH is 1. The lowest BCUT2D eigenvalue weighted by molar-refractivity contribution is -0.192. The lowest BCUT2D eigenvalue weighted by Crippen LogP contribution is -2.40. The third-order valence-electron chi connectivity index (χ3n) is 6.99. The lowest BCUT2D eigenvalue weighted by atomic mass is 9.78. The van der Waals surface area contributed by atoms with Crippen LogP contribution in [0, 0.1) is 5.82 Å². The number of aromatic amines is 1. The van der Waals surface area contributed by atoms with Crippen LogP contribution in [0.25, 0.3) is 11.3 Å². The van der Waals surface area contributed by atoms with Gasteiger partial charge >= 0.3 is 12.1 Å². The van der Waals surface area contributed by atoms with Gasteiger partial charge in [0.05, 0.1) is 11.8 Å². The van der Waals surface area contributed by atoms with Crippen molar-refractivity contribution in [1.29, 1.82) is 0 Å². The first-order chi connectivity index (χ1) is 19.5. The Labute approximate surface area is 239 Å². The van der Waals surface area contributed by atoms with Crippen molar-refractivity contribution < 1.29 is 32.6 Å². The minimum atomic E-state index is -5.08. The Bertz CT molecular complexity index is 1410. The van der Waals surface area contributed by atoms with E-state index in [9.17, 15) is 22.7 Å². The molecule has 0 saturated carbocycles. The summed E-state index contributed by atoms with van der Waals surface area (Å²) in [6.45, 7) is 2.20. The Balaban J connectivity index is 0.000000493. The Hall–Kier alpha value is -3.73. The molecule has 11 heteroatoms. The second kappa shape index (κ2) is 13.3. The number of carboxylic acid groups (broad SMARTS) is 1. The van der Waals surface area contributed by atoms with Gasteiger partial charge < -0.3 is 10.2 Å². The van der Waals surface area contributed by atoms with Crippen LogP contribution in [0.1, 0.15) is 41.2 Å². The maximum absolute atomic E-state index is 13.7. The molecule has 3 atom stereocenters. The molecule has 1 saturated heterocycles. The van der Waals surface area contributed by atoms with E-state index in [-0.39, 0.29) is 17.7 Å². The Kier molecular flexibility index (Phi) is 9.80. The summed E-state index contributed by atoms with van der Waals surface area (Å²) in [6, 6.07) is 26.3. The van der Waals surface area contributed by atoms with E-state index >= 15 is 0 Å². The van der Waals surface area contributed by atoms with Gasteiger partial charge in [-0.05, 0) is 54.4 Å². The zero-order valence-corrected chi connectivity index (χ0v) is 22.5. The van der Waals surface area contributed by atoms with E-state index in [1.165, 1.54) is 12.1 Å². The number of carboxylic acids is 1. The highest BCUT2D eigenvalue weighted by Gasteiger charge is 2.38. The summed E-state index contributed by atoms with van der Waals surface area (Å²) in [5, 5.41) is 26.4. The number of halogens is 5. The Morgan fingerprint density at radius 3 is 2.27 bits per heavy atom. The highest BCUT2D eigenvalue weighted by atomic mass is 35.5. The minimum absolute atomic E-state index is 0.149. The fourth-order valence-corrected chi connectivity index (χ4v) is 5.05. The summed E-state index contributed by atoms with van der Waals surface area (Å²) in [5.41, 5.74) is 4.97. The Morgan fingerprint density at radius 1 is 1.02 bits per heavy atom. The van der Waals surface area contributed by atoms with Crippen LogP contribution >= 0.6 is 11.6 Å². The highest BCUT2D eigenvalue weighted by Crippen LogP contribution is 2.40. The van der Waals surface area contributed by atoms with Crippen LogP contribution < -0.4 is 0 Å². The third-order valence-corrected chi connectivity index (χ3v) is 7.24. The smallest absolute Gasteiger partial charge is 0.475 e. The zero-order chi connectivity index (χ0) is 29.6. The summed E-state index contributed by atoms with van der Waals surface area (Å²) in [5.74, 6) is -2.63. The van der Waals surface area contributed by atoms with Crippen LogP contribution in [0.2, 0.25) is 5.02 Å². The van der Waals surface area contributed by atoms with E-state index in [2.05, 4.69) is 21.2 Å². The van der Waals surface area contributed by atoms with Gasteiger partial charge in [0.1, 0.15) is 5.82 Å². The van der Waals surface area contributed by atoms with Crippen molar-refractivity contribution in [2.45, 2.75) is 30.5 Å². The number of benzene rings is 3. The van der Waals surface area contributed by atoms with Crippen LogP contribution in [0.5, 0.6) is 0 Å². The van der Waals surface area contributed by atoms with Crippen molar-refractivity contribution in [1.82, 2.24) is 15.1 Å². The first kappa shape index (κ1) is 30.2. The highest BCUT2D eigenvalue weighted by molar-refractivity contribution is 6.30. The number of hydrogen-bond acceptors (Lipinski definition) is 4. The number of hydrogen-bond donors (Lipinski definition) is 3. The number of alkyl halides is 3. The average molecular weight is 590 g/mol. The predicted octanol–water partition coefficient (Wildman–Crippen LogP) is 6.81. The molecule has 1 aliphatic heterocycles. The van der Waals surface area contributed by atoms with Gasteiger partial charge in [-0.25, -0.2) is 9.18 Å². The fraction of sp³-hybridized carbons (Fsp3) is 0.267. The SMILES string of the molecule is O=C(O)C(F)(F)F.OC(CN1CC[C@@H](c2cc(-c3ccc(Cl)cc3)n[nH]2)[C@H](c2ccc(F)cc2)C1)c1ccccc1. The van der Waals surface area contributed by atoms with E-state index in [4.69, 9.17) is 21.5 Å². The van der Waals surface area contributed by atoms with Gasteiger partial charge in [0.2, 0.25) is 0 Å². The number of carbonyl (C=O) groups is 1. The normalized spacial score (nSPS) is 18.3. The van der Waals surface area contributed by atoms with Gasteiger partial charge in [-0.15, -0.1) is 0 Å². The molecule has 0 radical (unpaired) electrons. The number of β-amino-alcohol motifs (C(OH)–C–C–N with tert-alkyl or cyclic N) is 1. The van der Waals surface area contributed by atoms with E-state index in [1.54, 1.807) is 0 Å². The first-order valence-electron chi connectivity index (χ1n) is 12.8. The maximum atomic E-state index is 13.7. The zero-order valence-electron chi connectivity index (χ0n) is 21.7. The summed E-state index contributed by atoms with van der Waals surface area (Å²) in [7, 11) is 0. The second-order valence-corrected chi connectivity index (χ2v) is 10.2. The maximum Gasteiger partial charge on any atom is 0.490 e. The molecular formula is C30H28ClF4N3O3. The molecule has 4 aromatic rings. The number of nitrogens with one attached hydrogen (secondary N) is 1. The second-order valence-electron chi connectivity index (χ2n) is 9.76. The average Bonchev–Trinajstić information content (AvgIpc) is 3.44. The predicted molar refractivity (Wildman–Crippen MR) is 147 cm³/mol. The van der Waals surface area contributed by atoms with Gasteiger partial charge in [0.25, 0.3) is 0 Å². The molecule has 41 heavy (non-hydrogen) atoms. The minimum Gasteiger partial charge on any atom is -0.475 e. The number of aliphatic hydroxyl groups is 1. The molecule has 1 aliphatic rings. The molecule has 1 unspecified atom stereocenters. The molecule has 216 valence electrons. The van der Waals surface area contributed by atoms with Crippen molar-refractivity contribution in [3.63, 3.8) is 0 Å². The number of rotatable bonds is 6. The summed E-state index contributed by atoms with van der Waals surface area (Å²) in [6.07, 6.45) is -4.72. The van der Waals surface area contributed by atoms with Gasteiger partial charge in [0.15, 0.2) is 0 Å². The monoisotopic (exact) mass is 589 g/mol. The fourth-order valence-electron chi connectivity index (χ4n) is 4.93. The topological polar surface area (TPSA) is 89.4 Å². The number of nitrogens with zero attached hydrogens (tertiary/aromatic N) is 2. The molecule has 6 nitrogen and oxygen atoms in total. The van der Waals surface area contributed by atoms with Crippen LogP contribution in [-0.4, -0.2) is 57.1 Å². The molecule has 3 aromatic carbocycles. The molecule has 0 spiro atoms. The van der Waals surface area contributed by atoms with Gasteiger partial charge in [-0.3, -0.25) is 10.00 Å². The summed E-state index contributed by atoms with van der Waals surface area (Å²) in [4.78, 5) is 11.2. The standard InChI is InChI=1S/C28H27ClFN3O.C2HF3O2/c29-22-10-6-20(7-11-22)26-16-27(32-31-26)24-14-15-33(18-28(34)21-4-2-1-3-5-21)17-25(24)19-8-12-23(30)13-9-19;3-2(4,5)1(6)7/h1-13,16,24-25,28,34H,14-15,17-18H2,(H,31,32);(H,6,7)/t24-,25+,28?;/m1./s1. The number of aliphatic carboxylic acids is 1. The molecule has 0 bridgehead atoms. The quantitative estimate of drug-likeness (QED) is 0.215. The molecule has 0 amide bonds. The number of piperidine rings is 1. The molecule has 3 N–H and O–H groups in total.